The Bertz CT molecular complexity index is 271. The zero-order valence-electron chi connectivity index (χ0n) is 20.9. The molecule has 0 amide bonds. The van der Waals surface area contributed by atoms with Crippen LogP contribution in [0, 0.1) is 0 Å². The summed E-state index contributed by atoms with van der Waals surface area (Å²) in [7, 11) is -0.955. The quantitative estimate of drug-likeness (QED) is 0.104. The average Bonchev–Trinajstić information content (AvgIpc) is 2.70. The van der Waals surface area contributed by atoms with Gasteiger partial charge in [-0.2, -0.15) is 0 Å². The van der Waals surface area contributed by atoms with Crippen LogP contribution in [0.25, 0.3) is 0 Å². The molecular weight excluding hydrogens is 469 g/mol. The van der Waals surface area contributed by atoms with Crippen molar-refractivity contribution >= 4 is 47.0 Å². The van der Waals surface area contributed by atoms with Crippen LogP contribution < -0.4 is 0 Å². The topological polar surface area (TPSA) is 0 Å². The van der Waals surface area contributed by atoms with E-state index in [-0.39, 0.29) is 0 Å². The normalized spacial score (nSPS) is 12.1. The van der Waals surface area contributed by atoms with Gasteiger partial charge in [-0.15, -0.1) is 0 Å². The molecule has 30 heavy (non-hydrogen) atoms. The number of hydrogen-bond acceptors (Lipinski definition) is 0. The molecule has 0 aromatic carbocycles. The second-order valence-electron chi connectivity index (χ2n) is 9.56. The van der Waals surface area contributed by atoms with E-state index in [1.165, 1.54) is 116 Å². The summed E-state index contributed by atoms with van der Waals surface area (Å²) in [5, 5.41) is 0. The first kappa shape index (κ1) is 33.9. The Morgan fingerprint density at radius 1 is 0.433 bits per heavy atom. The number of hydrogen-bond donors (Lipinski definition) is 0. The Labute approximate surface area is 207 Å². The van der Waals surface area contributed by atoms with E-state index in [1.54, 1.807) is 18.5 Å². The van der Waals surface area contributed by atoms with E-state index in [0.717, 1.165) is 0 Å². The van der Waals surface area contributed by atoms with Gasteiger partial charge in [0.15, 0.2) is 5.98 Å². The third kappa shape index (κ3) is 29.7. The van der Waals surface area contributed by atoms with Crippen LogP contribution in [0.15, 0.2) is 0 Å². The second-order valence-corrected chi connectivity index (χ2v) is 19.7. The van der Waals surface area contributed by atoms with Crippen molar-refractivity contribution in [2.24, 2.45) is 0 Å². The molecule has 0 aliphatic carbocycles. The summed E-state index contributed by atoms with van der Waals surface area (Å²) >= 11 is 14.6. The van der Waals surface area contributed by atoms with Crippen molar-refractivity contribution in [3.63, 3.8) is 0 Å². The maximum atomic E-state index is 4.87. The molecule has 0 fully saturated rings. The minimum absolute atomic E-state index is 0.955. The van der Waals surface area contributed by atoms with Gasteiger partial charge in [0.1, 0.15) is 0 Å². The fourth-order valence-electron chi connectivity index (χ4n) is 4.37. The molecule has 0 radical (unpaired) electrons. The third-order valence-electron chi connectivity index (χ3n) is 6.40. The van der Waals surface area contributed by atoms with Crippen molar-refractivity contribution in [2.45, 2.75) is 136 Å². The summed E-state index contributed by atoms with van der Waals surface area (Å²) in [5.41, 5.74) is 0. The van der Waals surface area contributed by atoms with Crippen LogP contribution in [0.5, 0.6) is 0 Å². The molecule has 0 spiro atoms. The Morgan fingerprint density at radius 2 is 0.633 bits per heavy atom. The van der Waals surface area contributed by atoms with Crippen LogP contribution in [0.1, 0.15) is 136 Å². The molecule has 0 aliphatic heterocycles. The van der Waals surface area contributed by atoms with Crippen LogP contribution in [0.4, 0.5) is 0 Å². The summed E-state index contributed by atoms with van der Waals surface area (Å²) in [4.78, 5) is 0. The van der Waals surface area contributed by atoms with Crippen LogP contribution in [0.2, 0.25) is 0 Å². The van der Waals surface area contributed by atoms with Crippen molar-refractivity contribution < 1.29 is 0 Å². The predicted octanol–water partition coefficient (Wildman–Crippen LogP) is 12.4. The minimum Gasteiger partial charge on any atom is -0.0596 e. The summed E-state index contributed by atoms with van der Waals surface area (Å²) in [6.07, 6.45) is 31.4. The fourth-order valence-corrected chi connectivity index (χ4v) is 8.43. The summed E-state index contributed by atoms with van der Waals surface area (Å²) in [5.74, 6) is -1.20. The zero-order chi connectivity index (χ0) is 22.9. The molecule has 0 aromatic rings. The molecule has 0 atom stereocenters. The van der Waals surface area contributed by atoms with Gasteiger partial charge >= 0.3 is 169 Å². The van der Waals surface area contributed by atoms with E-state index in [2.05, 4.69) is 27.4 Å². The second kappa shape index (κ2) is 27.0. The van der Waals surface area contributed by atoms with E-state index < -0.39 is 13.2 Å². The maximum Gasteiger partial charge on any atom is 0.179 e. The molecule has 0 aliphatic rings. The molecule has 0 saturated carbocycles. The molecule has 0 rings (SSSR count). The maximum absolute atomic E-state index is 4.87. The molecule has 0 saturated heterocycles. The molecule has 0 nitrogen and oxygen atoms in total. The minimum atomic E-state index is -1.20. The summed E-state index contributed by atoms with van der Waals surface area (Å²) in [6.45, 7) is 9.73. The standard InChI is InChI=1S/C25H55P.Cl3P/c1-5-8-11-14-17-20-23-26(4,24-21-18-15-12-9-6-2)25-22-19-16-13-10-7-3;1-4(2)3/h26H,5-25H2,1-4H3;. The average molecular weight is 524 g/mol. The van der Waals surface area contributed by atoms with E-state index in [1.807, 2.05) is 0 Å². The van der Waals surface area contributed by atoms with Gasteiger partial charge in [0.25, 0.3) is 0 Å². The van der Waals surface area contributed by atoms with Gasteiger partial charge < -0.3 is 0 Å². The third-order valence-corrected chi connectivity index (χ3v) is 11.1. The van der Waals surface area contributed by atoms with Gasteiger partial charge in [-0.3, -0.25) is 0 Å². The monoisotopic (exact) mass is 522 g/mol. The van der Waals surface area contributed by atoms with E-state index in [4.69, 9.17) is 33.7 Å². The van der Waals surface area contributed by atoms with Crippen LogP contribution >= 0.6 is 47.0 Å². The van der Waals surface area contributed by atoms with Crippen molar-refractivity contribution in [1.29, 1.82) is 0 Å². The van der Waals surface area contributed by atoms with Gasteiger partial charge in [0.2, 0.25) is 0 Å². The number of rotatable bonds is 21. The van der Waals surface area contributed by atoms with Gasteiger partial charge in [0.05, 0.1) is 0 Å². The molecule has 0 bridgehead atoms. The first-order valence-electron chi connectivity index (χ1n) is 13.2. The van der Waals surface area contributed by atoms with E-state index >= 15 is 0 Å². The van der Waals surface area contributed by atoms with Gasteiger partial charge in [-0.25, -0.2) is 0 Å². The van der Waals surface area contributed by atoms with Gasteiger partial charge in [-0.05, 0) is 0 Å². The predicted molar refractivity (Wildman–Crippen MR) is 153 cm³/mol. The van der Waals surface area contributed by atoms with Crippen LogP contribution in [-0.2, 0) is 0 Å². The molecular formula is C25H55Cl3P2. The van der Waals surface area contributed by atoms with Crippen molar-refractivity contribution in [1.82, 2.24) is 0 Å². The van der Waals surface area contributed by atoms with Crippen molar-refractivity contribution in [3.8, 4) is 0 Å². The Balaban J connectivity index is 0. The van der Waals surface area contributed by atoms with Crippen molar-refractivity contribution in [2.75, 3.05) is 25.2 Å². The largest absolute Gasteiger partial charge is 0.179 e. The smallest absolute Gasteiger partial charge is 0.0596 e. The number of halogens is 3. The molecule has 0 unspecified atom stereocenters. The molecule has 0 N–H and O–H groups in total. The Hall–Kier alpha value is 1.73. The van der Waals surface area contributed by atoms with Crippen LogP contribution in [-0.4, -0.2) is 25.2 Å². The van der Waals surface area contributed by atoms with Gasteiger partial charge in [-0.1, -0.05) is 33.7 Å². The van der Waals surface area contributed by atoms with E-state index in [9.17, 15) is 0 Å². The van der Waals surface area contributed by atoms with Crippen LogP contribution in [0.3, 0.4) is 0 Å². The molecule has 186 valence electrons. The first-order chi connectivity index (χ1) is 14.4. The zero-order valence-corrected chi connectivity index (χ0v) is 25.1. The fraction of sp³-hybridized carbons (Fsp3) is 1.00. The Kier molecular flexibility index (Phi) is 30.5. The summed E-state index contributed by atoms with van der Waals surface area (Å²) < 4.78 is 0. The van der Waals surface area contributed by atoms with Crippen molar-refractivity contribution in [3.05, 3.63) is 0 Å². The number of unbranched alkanes of at least 4 members (excludes halogenated alkanes) is 15. The van der Waals surface area contributed by atoms with E-state index in [0.29, 0.717) is 0 Å². The molecule has 0 heterocycles. The molecule has 5 heteroatoms. The van der Waals surface area contributed by atoms with Gasteiger partial charge in [0, 0.05) is 0 Å². The first-order valence-corrected chi connectivity index (χ1v) is 20.4. The SMILES string of the molecule is CCCCCCCC[PH](C)(CCCCCCCC)CCCCCCCC.ClP(Cl)Cl. The summed E-state index contributed by atoms with van der Waals surface area (Å²) in [6, 6.07) is 0. The molecule has 0 aromatic heterocycles. The Morgan fingerprint density at radius 3 is 0.867 bits per heavy atom.